The zero-order chi connectivity index (χ0) is 72.1. The third-order valence-electron chi connectivity index (χ3n) is 18.8. The van der Waals surface area contributed by atoms with E-state index in [1.54, 1.807) is 0 Å². The highest BCUT2D eigenvalue weighted by Crippen LogP contribution is 2.45. The smallest absolute Gasteiger partial charge is 0.462 e. The maximum atomic E-state index is 13.1. The van der Waals surface area contributed by atoms with Crippen molar-refractivity contribution in [1.29, 1.82) is 0 Å². The standard InChI is InChI=1S/C79H154O17P2/c1-7-10-12-14-16-18-19-20-21-22-23-24-25-26-27-28-29-34-38-45-51-57-63-78(83)95-74(68-90-77(82)62-56-50-44-37-33-31-30-32-36-41-47-53-59-71(4)5)69-93-97(85,86)91-65-73(80)66-92-98(87,88)94-70-75(67-89-76(81)61-55-49-43-35-17-15-13-11-8-2)96-79(84)64-58-52-46-40-39-42-48-54-60-72(6)9-3/h71-75,80H,7-70H2,1-6H3,(H,85,86)(H,87,88)/t72?,73-,74-,75-/m1/s1. The van der Waals surface area contributed by atoms with Gasteiger partial charge in [0.2, 0.25) is 0 Å². The molecule has 0 bridgehead atoms. The number of unbranched alkanes of at least 4 members (excludes halogenated alkanes) is 47. The van der Waals surface area contributed by atoms with Gasteiger partial charge in [-0.05, 0) is 37.5 Å². The molecule has 0 aliphatic heterocycles. The van der Waals surface area contributed by atoms with E-state index in [0.29, 0.717) is 25.7 Å². The van der Waals surface area contributed by atoms with Crippen LogP contribution in [0, 0.1) is 11.8 Å². The van der Waals surface area contributed by atoms with E-state index in [2.05, 4.69) is 41.5 Å². The number of phosphoric acid groups is 2. The van der Waals surface area contributed by atoms with Crippen molar-refractivity contribution in [3.63, 3.8) is 0 Å². The summed E-state index contributed by atoms with van der Waals surface area (Å²) in [6.45, 7) is 9.60. The van der Waals surface area contributed by atoms with Gasteiger partial charge in [-0.3, -0.25) is 37.3 Å². The van der Waals surface area contributed by atoms with Gasteiger partial charge >= 0.3 is 39.5 Å². The topological polar surface area (TPSA) is 237 Å². The Kier molecular flexibility index (Phi) is 69.3. The summed E-state index contributed by atoms with van der Waals surface area (Å²) in [7, 11) is -9.91. The van der Waals surface area contributed by atoms with E-state index in [9.17, 15) is 43.2 Å². The first-order valence-electron chi connectivity index (χ1n) is 41.0. The molecule has 0 aromatic rings. The van der Waals surface area contributed by atoms with E-state index in [1.807, 2.05) is 0 Å². The molecular weight excluding hydrogens is 1280 g/mol. The van der Waals surface area contributed by atoms with Crippen LogP contribution in [0.1, 0.15) is 414 Å². The maximum absolute atomic E-state index is 13.1. The van der Waals surface area contributed by atoms with Gasteiger partial charge in [-0.2, -0.15) is 0 Å². The zero-order valence-corrected chi connectivity index (χ0v) is 65.9. The van der Waals surface area contributed by atoms with Gasteiger partial charge in [-0.25, -0.2) is 9.13 Å². The molecule has 17 nitrogen and oxygen atoms in total. The normalized spacial score (nSPS) is 14.2. The molecule has 0 aromatic heterocycles. The highest BCUT2D eigenvalue weighted by molar-refractivity contribution is 7.47. The number of hydrogen-bond acceptors (Lipinski definition) is 15. The Labute approximate surface area is 600 Å². The minimum absolute atomic E-state index is 0.105. The SMILES string of the molecule is CCCCCCCCCCCCCCCCCCCCCCCCC(=O)O[C@H](COC(=O)CCCCCCCCCCCCCCC(C)C)COP(=O)(O)OC[C@@H](O)COP(=O)(O)OC[C@@H](COC(=O)CCCCCCCCCCC)OC(=O)CCCCCCCCCCC(C)CC. The fourth-order valence-electron chi connectivity index (χ4n) is 12.2. The van der Waals surface area contributed by atoms with E-state index < -0.39 is 97.5 Å². The van der Waals surface area contributed by atoms with Crippen LogP contribution >= 0.6 is 15.6 Å². The molecule has 0 spiro atoms. The number of aliphatic hydroxyl groups is 1. The minimum atomic E-state index is -4.96. The molecule has 0 heterocycles. The first-order valence-corrected chi connectivity index (χ1v) is 44.0. The van der Waals surface area contributed by atoms with Crippen LogP contribution in [0.5, 0.6) is 0 Å². The molecule has 0 saturated carbocycles. The first kappa shape index (κ1) is 96.1. The van der Waals surface area contributed by atoms with Gasteiger partial charge in [0.1, 0.15) is 19.3 Å². The lowest BCUT2D eigenvalue weighted by Gasteiger charge is -2.21. The van der Waals surface area contributed by atoms with Crippen LogP contribution in [0.25, 0.3) is 0 Å². The second-order valence-corrected chi connectivity index (χ2v) is 32.1. The predicted octanol–water partition coefficient (Wildman–Crippen LogP) is 23.5. The third kappa shape index (κ3) is 71.1. The molecule has 0 aliphatic carbocycles. The van der Waals surface area contributed by atoms with Crippen LogP contribution in [0.4, 0.5) is 0 Å². The molecule has 6 atom stereocenters. The Morgan fingerprint density at radius 3 is 0.776 bits per heavy atom. The van der Waals surface area contributed by atoms with Crippen LogP contribution in [0.15, 0.2) is 0 Å². The van der Waals surface area contributed by atoms with E-state index in [1.165, 1.54) is 231 Å². The van der Waals surface area contributed by atoms with Gasteiger partial charge in [-0.15, -0.1) is 0 Å². The first-order chi connectivity index (χ1) is 47.4. The second kappa shape index (κ2) is 70.7. The summed E-state index contributed by atoms with van der Waals surface area (Å²) >= 11 is 0. The molecule has 19 heteroatoms. The van der Waals surface area contributed by atoms with Crippen LogP contribution in [-0.4, -0.2) is 96.7 Å². The number of aliphatic hydroxyl groups excluding tert-OH is 1. The molecule has 3 N–H and O–H groups in total. The number of esters is 4. The molecule has 0 amide bonds. The summed E-state index contributed by atoms with van der Waals surface area (Å²) in [5.74, 6) is -0.564. The number of carbonyl (C=O) groups excluding carboxylic acids is 4. The summed E-state index contributed by atoms with van der Waals surface area (Å²) in [4.78, 5) is 72.8. The van der Waals surface area contributed by atoms with Gasteiger partial charge in [0.25, 0.3) is 0 Å². The number of carbonyl (C=O) groups is 4. The van der Waals surface area contributed by atoms with E-state index in [4.69, 9.17) is 37.0 Å². The van der Waals surface area contributed by atoms with Crippen molar-refractivity contribution in [2.45, 2.75) is 432 Å². The van der Waals surface area contributed by atoms with Gasteiger partial charge in [0, 0.05) is 25.7 Å². The van der Waals surface area contributed by atoms with E-state index in [0.717, 1.165) is 102 Å². The third-order valence-corrected chi connectivity index (χ3v) is 20.7. The lowest BCUT2D eigenvalue weighted by molar-refractivity contribution is -0.161. The van der Waals surface area contributed by atoms with Crippen LogP contribution < -0.4 is 0 Å². The van der Waals surface area contributed by atoms with E-state index >= 15 is 0 Å². The lowest BCUT2D eigenvalue weighted by atomic mass is 9.99. The number of ether oxygens (including phenoxy) is 4. The molecule has 582 valence electrons. The van der Waals surface area contributed by atoms with Gasteiger partial charge in [0.05, 0.1) is 26.4 Å². The molecule has 0 aromatic carbocycles. The van der Waals surface area contributed by atoms with Crippen molar-refractivity contribution < 1.29 is 80.2 Å². The van der Waals surface area contributed by atoms with Crippen molar-refractivity contribution in [2.24, 2.45) is 11.8 Å². The summed E-state index contributed by atoms with van der Waals surface area (Å²) in [5.41, 5.74) is 0. The van der Waals surface area contributed by atoms with E-state index in [-0.39, 0.29) is 25.7 Å². The van der Waals surface area contributed by atoms with Crippen LogP contribution in [-0.2, 0) is 65.4 Å². The fraction of sp³-hybridized carbons (Fsp3) is 0.949. The Balaban J connectivity index is 5.19. The van der Waals surface area contributed by atoms with Gasteiger partial charge in [0.15, 0.2) is 12.2 Å². The Bertz CT molecular complexity index is 1890. The second-order valence-electron chi connectivity index (χ2n) is 29.2. The largest absolute Gasteiger partial charge is 0.472 e. The molecule has 0 radical (unpaired) electrons. The van der Waals surface area contributed by atoms with Crippen molar-refractivity contribution in [2.75, 3.05) is 39.6 Å². The fourth-order valence-corrected chi connectivity index (χ4v) is 13.7. The number of hydrogen-bond donors (Lipinski definition) is 3. The molecule has 98 heavy (non-hydrogen) atoms. The Morgan fingerprint density at radius 1 is 0.296 bits per heavy atom. The highest BCUT2D eigenvalue weighted by atomic mass is 31.2. The molecular formula is C79H154O17P2. The van der Waals surface area contributed by atoms with Gasteiger partial charge < -0.3 is 33.8 Å². The lowest BCUT2D eigenvalue weighted by Crippen LogP contribution is -2.30. The molecule has 0 aliphatic rings. The van der Waals surface area contributed by atoms with Crippen molar-refractivity contribution in [1.82, 2.24) is 0 Å². The molecule has 3 unspecified atom stereocenters. The Hall–Kier alpha value is -1.94. The summed E-state index contributed by atoms with van der Waals surface area (Å²) in [6, 6.07) is 0. The summed E-state index contributed by atoms with van der Waals surface area (Å²) < 4.78 is 68.6. The average molecular weight is 1440 g/mol. The number of phosphoric ester groups is 2. The maximum Gasteiger partial charge on any atom is 0.472 e. The summed E-state index contributed by atoms with van der Waals surface area (Å²) in [5, 5.41) is 10.6. The monoisotopic (exact) mass is 1440 g/mol. The zero-order valence-electron chi connectivity index (χ0n) is 64.1. The van der Waals surface area contributed by atoms with Gasteiger partial charge in [-0.1, -0.05) is 363 Å². The predicted molar refractivity (Wildman–Crippen MR) is 400 cm³/mol. The molecule has 0 saturated heterocycles. The highest BCUT2D eigenvalue weighted by Gasteiger charge is 2.30. The van der Waals surface area contributed by atoms with Crippen LogP contribution in [0.2, 0.25) is 0 Å². The quantitative estimate of drug-likeness (QED) is 0.0222. The van der Waals surface area contributed by atoms with Crippen molar-refractivity contribution >= 4 is 39.5 Å². The molecule has 0 fully saturated rings. The summed E-state index contributed by atoms with van der Waals surface area (Å²) in [6.07, 6.45) is 59.8. The average Bonchev–Trinajstić information content (AvgIpc) is 1.52. The van der Waals surface area contributed by atoms with Crippen molar-refractivity contribution in [3.8, 4) is 0 Å². The van der Waals surface area contributed by atoms with Crippen molar-refractivity contribution in [3.05, 3.63) is 0 Å². The minimum Gasteiger partial charge on any atom is -0.462 e. The number of rotatable bonds is 78. The molecule has 0 rings (SSSR count). The Morgan fingerprint density at radius 2 is 0.520 bits per heavy atom. The van der Waals surface area contributed by atoms with Crippen LogP contribution in [0.3, 0.4) is 0 Å².